The number of hydrogen-bond acceptors (Lipinski definition) is 4. The van der Waals surface area contributed by atoms with Gasteiger partial charge in [-0.3, -0.25) is 4.79 Å². The maximum absolute atomic E-state index is 12.1. The maximum atomic E-state index is 12.1. The largest absolute Gasteiger partial charge is 0.326 e. The van der Waals surface area contributed by atoms with Crippen LogP contribution < -0.4 is 10.6 Å². The fraction of sp³-hybridized carbons (Fsp3) is 0.400. The van der Waals surface area contributed by atoms with Crippen LogP contribution in [0.3, 0.4) is 0 Å². The lowest BCUT2D eigenvalue weighted by Crippen LogP contribution is -2.37. The summed E-state index contributed by atoms with van der Waals surface area (Å²) >= 11 is 0. The molecular formula is C15H19N5O. The minimum Gasteiger partial charge on any atom is -0.326 e. The van der Waals surface area contributed by atoms with Crippen LogP contribution in [0.15, 0.2) is 36.9 Å². The highest BCUT2D eigenvalue weighted by atomic mass is 16.1. The summed E-state index contributed by atoms with van der Waals surface area (Å²) < 4.78 is 1.77. The minimum absolute atomic E-state index is 0.0774. The van der Waals surface area contributed by atoms with Gasteiger partial charge in [-0.15, -0.1) is 0 Å². The van der Waals surface area contributed by atoms with E-state index in [1.807, 2.05) is 24.3 Å². The number of nitrogens with one attached hydrogen (secondary N) is 2. The molecular weight excluding hydrogens is 266 g/mol. The van der Waals surface area contributed by atoms with Crippen LogP contribution in [0.4, 0.5) is 5.69 Å². The van der Waals surface area contributed by atoms with Gasteiger partial charge in [-0.1, -0.05) is 12.1 Å². The zero-order valence-electron chi connectivity index (χ0n) is 11.8. The average Bonchev–Trinajstić information content (AvgIpc) is 3.03. The van der Waals surface area contributed by atoms with Crippen molar-refractivity contribution in [1.29, 1.82) is 0 Å². The van der Waals surface area contributed by atoms with Gasteiger partial charge in [0.1, 0.15) is 12.7 Å². The predicted molar refractivity (Wildman–Crippen MR) is 79.8 cm³/mol. The molecule has 1 amide bonds. The van der Waals surface area contributed by atoms with Crippen LogP contribution in [0, 0.1) is 5.92 Å². The van der Waals surface area contributed by atoms with Crippen LogP contribution in [-0.4, -0.2) is 33.8 Å². The van der Waals surface area contributed by atoms with Gasteiger partial charge in [0.05, 0.1) is 12.5 Å². The van der Waals surface area contributed by atoms with Crippen molar-refractivity contribution in [3.8, 4) is 0 Å². The number of anilines is 1. The van der Waals surface area contributed by atoms with Crippen molar-refractivity contribution < 1.29 is 4.79 Å². The summed E-state index contributed by atoms with van der Waals surface area (Å²) in [4.78, 5) is 16.1. The molecule has 1 aliphatic heterocycles. The van der Waals surface area contributed by atoms with Gasteiger partial charge in [0.25, 0.3) is 0 Å². The standard InChI is InChI=1S/C15H19N5O/c21-15(13-2-1-7-16-8-13)19-14-5-3-12(4-6-14)9-20-11-17-10-18-20/h3-6,10-11,13,16H,1-2,7-9H2,(H,19,21)/t13-/m1/s1. The quantitative estimate of drug-likeness (QED) is 0.887. The van der Waals surface area contributed by atoms with Crippen LogP contribution in [0.25, 0.3) is 0 Å². The molecule has 0 bridgehead atoms. The summed E-state index contributed by atoms with van der Waals surface area (Å²) in [6.45, 7) is 2.47. The van der Waals surface area contributed by atoms with Gasteiger partial charge in [-0.25, -0.2) is 9.67 Å². The van der Waals surface area contributed by atoms with Crippen LogP contribution in [0.5, 0.6) is 0 Å². The van der Waals surface area contributed by atoms with Crippen LogP contribution >= 0.6 is 0 Å². The van der Waals surface area contributed by atoms with Crippen molar-refractivity contribution >= 4 is 11.6 Å². The normalized spacial score (nSPS) is 18.4. The van der Waals surface area contributed by atoms with E-state index in [0.717, 1.165) is 37.2 Å². The second kappa shape index (κ2) is 6.49. The first-order valence-corrected chi connectivity index (χ1v) is 7.24. The fourth-order valence-corrected chi connectivity index (χ4v) is 2.51. The Balaban J connectivity index is 1.57. The van der Waals surface area contributed by atoms with Crippen molar-refractivity contribution in [2.45, 2.75) is 19.4 Å². The lowest BCUT2D eigenvalue weighted by Gasteiger charge is -2.21. The Bertz CT molecular complexity index is 573. The Kier molecular flexibility index (Phi) is 4.25. The fourth-order valence-electron chi connectivity index (χ4n) is 2.51. The molecule has 0 unspecified atom stereocenters. The number of benzene rings is 1. The smallest absolute Gasteiger partial charge is 0.228 e. The average molecular weight is 285 g/mol. The molecule has 1 saturated heterocycles. The summed E-state index contributed by atoms with van der Waals surface area (Å²) in [5.74, 6) is 0.180. The Hall–Kier alpha value is -2.21. The Morgan fingerprint density at radius 1 is 1.38 bits per heavy atom. The van der Waals surface area contributed by atoms with Crippen LogP contribution in [0.1, 0.15) is 18.4 Å². The third-order valence-corrected chi connectivity index (χ3v) is 3.70. The lowest BCUT2D eigenvalue weighted by molar-refractivity contribution is -0.120. The van der Waals surface area contributed by atoms with E-state index in [-0.39, 0.29) is 11.8 Å². The second-order valence-corrected chi connectivity index (χ2v) is 5.32. The summed E-state index contributed by atoms with van der Waals surface area (Å²) in [5, 5.41) is 10.3. The van der Waals surface area contributed by atoms with E-state index in [2.05, 4.69) is 20.7 Å². The highest BCUT2D eigenvalue weighted by Crippen LogP contribution is 2.15. The van der Waals surface area contributed by atoms with Crippen molar-refractivity contribution in [3.63, 3.8) is 0 Å². The minimum atomic E-state index is 0.0774. The number of carbonyl (C=O) groups is 1. The van der Waals surface area contributed by atoms with Gasteiger partial charge in [0.15, 0.2) is 0 Å². The first-order chi connectivity index (χ1) is 10.3. The maximum Gasteiger partial charge on any atom is 0.228 e. The van der Waals surface area contributed by atoms with E-state index in [4.69, 9.17) is 0 Å². The number of rotatable bonds is 4. The SMILES string of the molecule is O=C(Nc1ccc(Cn2cncn2)cc1)[C@@H]1CCCNC1. The van der Waals surface area contributed by atoms with Crippen molar-refractivity contribution in [3.05, 3.63) is 42.5 Å². The van der Waals surface area contributed by atoms with Crippen LogP contribution in [0.2, 0.25) is 0 Å². The lowest BCUT2D eigenvalue weighted by atomic mass is 9.99. The van der Waals surface area contributed by atoms with E-state index < -0.39 is 0 Å². The number of amides is 1. The van der Waals surface area contributed by atoms with Crippen molar-refractivity contribution in [2.24, 2.45) is 5.92 Å². The molecule has 6 heteroatoms. The first kappa shape index (κ1) is 13.8. The first-order valence-electron chi connectivity index (χ1n) is 7.24. The van der Waals surface area contributed by atoms with Gasteiger partial charge in [-0.05, 0) is 37.1 Å². The summed E-state index contributed by atoms with van der Waals surface area (Å²) in [6, 6.07) is 7.85. The molecule has 1 aromatic heterocycles. The molecule has 0 aliphatic carbocycles. The monoisotopic (exact) mass is 285 g/mol. The Labute approximate surface area is 123 Å². The number of hydrogen-bond donors (Lipinski definition) is 2. The van der Waals surface area contributed by atoms with E-state index in [9.17, 15) is 4.79 Å². The van der Waals surface area contributed by atoms with Crippen molar-refractivity contribution in [2.75, 3.05) is 18.4 Å². The van der Waals surface area contributed by atoms with E-state index in [1.165, 1.54) is 6.33 Å². The number of carbonyl (C=O) groups excluding carboxylic acids is 1. The molecule has 1 atom stereocenters. The summed E-state index contributed by atoms with van der Waals surface area (Å²) in [7, 11) is 0. The van der Waals surface area contributed by atoms with Crippen molar-refractivity contribution in [1.82, 2.24) is 20.1 Å². The number of aromatic nitrogens is 3. The highest BCUT2D eigenvalue weighted by Gasteiger charge is 2.20. The molecule has 1 fully saturated rings. The van der Waals surface area contributed by atoms with E-state index in [1.54, 1.807) is 11.0 Å². The molecule has 3 rings (SSSR count). The highest BCUT2D eigenvalue weighted by molar-refractivity contribution is 5.92. The molecule has 6 nitrogen and oxygen atoms in total. The van der Waals surface area contributed by atoms with Gasteiger partial charge in [-0.2, -0.15) is 5.10 Å². The zero-order valence-corrected chi connectivity index (χ0v) is 11.8. The van der Waals surface area contributed by atoms with Gasteiger partial charge in [0.2, 0.25) is 5.91 Å². The van der Waals surface area contributed by atoms with Gasteiger partial charge < -0.3 is 10.6 Å². The molecule has 1 aliphatic rings. The molecule has 2 aromatic rings. The Morgan fingerprint density at radius 2 is 2.24 bits per heavy atom. The number of piperidine rings is 1. The third-order valence-electron chi connectivity index (χ3n) is 3.70. The molecule has 0 radical (unpaired) electrons. The van der Waals surface area contributed by atoms with Gasteiger partial charge >= 0.3 is 0 Å². The van der Waals surface area contributed by atoms with Crippen LogP contribution in [-0.2, 0) is 11.3 Å². The summed E-state index contributed by atoms with van der Waals surface area (Å²) in [5.41, 5.74) is 1.96. The zero-order chi connectivity index (χ0) is 14.5. The van der Waals surface area contributed by atoms with E-state index in [0.29, 0.717) is 6.54 Å². The van der Waals surface area contributed by atoms with Gasteiger partial charge in [0, 0.05) is 12.2 Å². The molecule has 1 aromatic carbocycles. The predicted octanol–water partition coefficient (Wildman–Crippen LogP) is 1.26. The molecule has 21 heavy (non-hydrogen) atoms. The molecule has 2 N–H and O–H groups in total. The molecule has 0 spiro atoms. The Morgan fingerprint density at radius 3 is 2.90 bits per heavy atom. The number of nitrogens with zero attached hydrogens (tertiary/aromatic N) is 3. The summed E-state index contributed by atoms with van der Waals surface area (Å²) in [6.07, 6.45) is 5.23. The topological polar surface area (TPSA) is 71.8 Å². The molecule has 2 heterocycles. The van der Waals surface area contributed by atoms with E-state index >= 15 is 0 Å². The molecule has 0 saturated carbocycles. The second-order valence-electron chi connectivity index (χ2n) is 5.32. The third kappa shape index (κ3) is 3.66. The molecule has 110 valence electrons.